The first kappa shape index (κ1) is 16.3. The largest absolute Gasteiger partial charge is 0.371 e. The van der Waals surface area contributed by atoms with Gasteiger partial charge in [0.25, 0.3) is 5.56 Å². The number of benzene rings is 1. The fourth-order valence-corrected chi connectivity index (χ4v) is 3.08. The van der Waals surface area contributed by atoms with Crippen molar-refractivity contribution < 1.29 is 5.11 Å². The van der Waals surface area contributed by atoms with Gasteiger partial charge < -0.3 is 9.67 Å². The van der Waals surface area contributed by atoms with Crippen LogP contribution in [0.15, 0.2) is 40.1 Å². The molecule has 2 heterocycles. The van der Waals surface area contributed by atoms with E-state index in [1.54, 1.807) is 31.7 Å². The number of fused-ring (bicyclic) bond motifs is 1. The summed E-state index contributed by atoms with van der Waals surface area (Å²) in [6.07, 6.45) is 1.67. The Kier molecular flexibility index (Phi) is 3.53. The van der Waals surface area contributed by atoms with Gasteiger partial charge in [0, 0.05) is 25.9 Å². The molecular formula is C18H21N3O3. The average Bonchev–Trinajstić information content (AvgIpc) is 2.92. The number of hydrogen-bond acceptors (Lipinski definition) is 3. The Labute approximate surface area is 139 Å². The fraction of sp³-hybridized carbons (Fsp3) is 0.333. The van der Waals surface area contributed by atoms with Crippen molar-refractivity contribution in [2.24, 2.45) is 14.1 Å². The van der Waals surface area contributed by atoms with Crippen LogP contribution in [-0.2, 0) is 19.8 Å². The van der Waals surface area contributed by atoms with Crippen molar-refractivity contribution in [1.82, 2.24) is 13.7 Å². The second-order valence-electron chi connectivity index (χ2n) is 6.62. The summed E-state index contributed by atoms with van der Waals surface area (Å²) < 4.78 is 4.18. The zero-order valence-electron chi connectivity index (χ0n) is 14.5. The lowest BCUT2D eigenvalue weighted by Crippen LogP contribution is -2.36. The highest BCUT2D eigenvalue weighted by atomic mass is 16.3. The lowest BCUT2D eigenvalue weighted by molar-refractivity contribution is 0.00397. The van der Waals surface area contributed by atoms with E-state index in [0.29, 0.717) is 16.6 Å². The number of aromatic nitrogens is 3. The van der Waals surface area contributed by atoms with Gasteiger partial charge in [-0.2, -0.15) is 0 Å². The summed E-state index contributed by atoms with van der Waals surface area (Å²) in [4.78, 5) is 25.0. The average molecular weight is 327 g/mol. The van der Waals surface area contributed by atoms with Crippen molar-refractivity contribution in [2.45, 2.75) is 26.5 Å². The van der Waals surface area contributed by atoms with Gasteiger partial charge in [-0.1, -0.05) is 24.3 Å². The summed E-state index contributed by atoms with van der Waals surface area (Å²) in [5.41, 5.74) is 0.975. The zero-order valence-corrected chi connectivity index (χ0v) is 14.5. The molecule has 3 aromatic rings. The number of aliphatic hydroxyl groups is 1. The molecule has 1 N–H and O–H groups in total. The molecule has 2 aromatic heterocycles. The van der Waals surface area contributed by atoms with E-state index in [0.717, 1.165) is 15.7 Å². The SMILES string of the molecule is Cc1ccccc1-c1c2c(=O)n(C)c(=O)n(C)c2cn1C(C)(C)O. The van der Waals surface area contributed by atoms with E-state index in [-0.39, 0.29) is 5.56 Å². The minimum atomic E-state index is -1.22. The van der Waals surface area contributed by atoms with Crippen LogP contribution in [0.3, 0.4) is 0 Å². The summed E-state index contributed by atoms with van der Waals surface area (Å²) in [6.45, 7) is 5.25. The number of rotatable bonds is 2. The minimum absolute atomic E-state index is 0.366. The first-order valence-electron chi connectivity index (χ1n) is 7.74. The van der Waals surface area contributed by atoms with Crippen molar-refractivity contribution in [1.29, 1.82) is 0 Å². The van der Waals surface area contributed by atoms with E-state index in [1.165, 1.54) is 11.6 Å². The minimum Gasteiger partial charge on any atom is -0.371 e. The summed E-state index contributed by atoms with van der Waals surface area (Å²) in [7, 11) is 3.09. The summed E-state index contributed by atoms with van der Waals surface area (Å²) in [5, 5.41) is 11.0. The van der Waals surface area contributed by atoms with Gasteiger partial charge in [-0.3, -0.25) is 13.9 Å². The zero-order chi connectivity index (χ0) is 17.8. The topological polar surface area (TPSA) is 69.2 Å². The normalized spacial score (nSPS) is 12.1. The van der Waals surface area contributed by atoms with Gasteiger partial charge in [0.1, 0.15) is 5.72 Å². The lowest BCUT2D eigenvalue weighted by Gasteiger charge is -2.23. The summed E-state index contributed by atoms with van der Waals surface area (Å²) in [5.74, 6) is 0. The number of nitrogens with zero attached hydrogens (tertiary/aromatic N) is 3. The molecule has 0 aliphatic rings. The molecule has 24 heavy (non-hydrogen) atoms. The first-order chi connectivity index (χ1) is 11.1. The fourth-order valence-electron chi connectivity index (χ4n) is 3.08. The third-order valence-corrected chi connectivity index (χ3v) is 4.43. The molecule has 0 unspecified atom stereocenters. The molecule has 0 radical (unpaired) electrons. The molecule has 6 heteroatoms. The predicted octanol–water partition coefficient (Wildman–Crippen LogP) is 1.70. The Balaban J connectivity index is 2.63. The molecule has 0 amide bonds. The second-order valence-corrected chi connectivity index (χ2v) is 6.62. The van der Waals surface area contributed by atoms with Crippen LogP contribution in [-0.4, -0.2) is 18.8 Å². The van der Waals surface area contributed by atoms with Crippen LogP contribution in [0.4, 0.5) is 0 Å². The van der Waals surface area contributed by atoms with Gasteiger partial charge in [-0.25, -0.2) is 4.79 Å². The summed E-state index contributed by atoms with van der Waals surface area (Å²) in [6, 6.07) is 7.68. The molecule has 0 aliphatic heterocycles. The van der Waals surface area contributed by atoms with E-state index >= 15 is 0 Å². The van der Waals surface area contributed by atoms with E-state index in [1.807, 2.05) is 31.2 Å². The van der Waals surface area contributed by atoms with Crippen LogP contribution >= 0.6 is 0 Å². The molecule has 0 bridgehead atoms. The van der Waals surface area contributed by atoms with Crippen LogP contribution in [0.5, 0.6) is 0 Å². The molecule has 0 aliphatic carbocycles. The van der Waals surface area contributed by atoms with Crippen LogP contribution < -0.4 is 11.2 Å². The maximum Gasteiger partial charge on any atom is 0.330 e. The highest BCUT2D eigenvalue weighted by Crippen LogP contribution is 2.33. The Bertz CT molecular complexity index is 1060. The molecule has 0 fully saturated rings. The molecule has 1 aromatic carbocycles. The van der Waals surface area contributed by atoms with Crippen molar-refractivity contribution in [3.8, 4) is 11.3 Å². The highest BCUT2D eigenvalue weighted by molar-refractivity contribution is 5.94. The summed E-state index contributed by atoms with van der Waals surface area (Å²) >= 11 is 0. The predicted molar refractivity (Wildman–Crippen MR) is 94.1 cm³/mol. The Hall–Kier alpha value is -2.60. The van der Waals surface area contributed by atoms with Gasteiger partial charge in [0.2, 0.25) is 0 Å². The molecule has 0 saturated carbocycles. The molecule has 126 valence electrons. The van der Waals surface area contributed by atoms with Gasteiger partial charge in [0.15, 0.2) is 0 Å². The van der Waals surface area contributed by atoms with E-state index < -0.39 is 11.4 Å². The van der Waals surface area contributed by atoms with Crippen molar-refractivity contribution >= 4 is 10.9 Å². The third-order valence-electron chi connectivity index (χ3n) is 4.43. The maximum atomic E-state index is 12.8. The Morgan fingerprint density at radius 3 is 2.25 bits per heavy atom. The maximum absolute atomic E-state index is 12.8. The Morgan fingerprint density at radius 1 is 1.04 bits per heavy atom. The standard InChI is InChI=1S/C18H21N3O3/c1-11-8-6-7-9-12(11)15-14-13(10-21(15)18(2,3)24)19(4)17(23)20(5)16(14)22/h6-10,24H,1-5H3. The molecule has 0 saturated heterocycles. The number of aryl methyl sites for hydroxylation is 2. The lowest BCUT2D eigenvalue weighted by atomic mass is 10.0. The first-order valence-corrected chi connectivity index (χ1v) is 7.74. The van der Waals surface area contributed by atoms with Crippen LogP contribution in [0.1, 0.15) is 19.4 Å². The van der Waals surface area contributed by atoms with Gasteiger partial charge in [0.05, 0.1) is 16.6 Å². The van der Waals surface area contributed by atoms with E-state index in [4.69, 9.17) is 0 Å². The molecule has 0 spiro atoms. The van der Waals surface area contributed by atoms with Crippen LogP contribution in [0.2, 0.25) is 0 Å². The van der Waals surface area contributed by atoms with Crippen molar-refractivity contribution in [3.63, 3.8) is 0 Å². The second kappa shape index (κ2) is 5.21. The molecule has 0 atom stereocenters. The smallest absolute Gasteiger partial charge is 0.330 e. The van der Waals surface area contributed by atoms with Crippen LogP contribution in [0.25, 0.3) is 22.2 Å². The quantitative estimate of drug-likeness (QED) is 0.779. The highest BCUT2D eigenvalue weighted by Gasteiger charge is 2.26. The van der Waals surface area contributed by atoms with Gasteiger partial charge in [-0.05, 0) is 26.3 Å². The van der Waals surface area contributed by atoms with Gasteiger partial charge in [-0.15, -0.1) is 0 Å². The van der Waals surface area contributed by atoms with Crippen molar-refractivity contribution in [3.05, 3.63) is 56.9 Å². The van der Waals surface area contributed by atoms with Crippen molar-refractivity contribution in [2.75, 3.05) is 0 Å². The molecule has 3 rings (SSSR count). The van der Waals surface area contributed by atoms with E-state index in [9.17, 15) is 14.7 Å². The van der Waals surface area contributed by atoms with E-state index in [2.05, 4.69) is 0 Å². The monoisotopic (exact) mass is 327 g/mol. The number of hydrogen-bond donors (Lipinski definition) is 1. The van der Waals surface area contributed by atoms with Gasteiger partial charge >= 0.3 is 5.69 Å². The third kappa shape index (κ3) is 2.22. The molecular weight excluding hydrogens is 306 g/mol. The van der Waals surface area contributed by atoms with Crippen LogP contribution in [0, 0.1) is 6.92 Å². The Morgan fingerprint density at radius 2 is 1.67 bits per heavy atom. The molecule has 6 nitrogen and oxygen atoms in total.